The fourth-order valence-electron chi connectivity index (χ4n) is 3.77. The van der Waals surface area contributed by atoms with Crippen molar-refractivity contribution in [2.45, 2.75) is 38.8 Å². The highest BCUT2D eigenvalue weighted by molar-refractivity contribution is 5.76. The second kappa shape index (κ2) is 10.0. The van der Waals surface area contributed by atoms with Gasteiger partial charge >= 0.3 is 0 Å². The van der Waals surface area contributed by atoms with E-state index in [-0.39, 0.29) is 18.0 Å². The van der Waals surface area contributed by atoms with Crippen LogP contribution in [-0.2, 0) is 17.8 Å². The van der Waals surface area contributed by atoms with E-state index in [0.717, 1.165) is 25.9 Å². The lowest BCUT2D eigenvalue weighted by Gasteiger charge is -2.35. The molecular weight excluding hydrogens is 368 g/mol. The molecule has 2 aromatic carbocycles. The largest absolute Gasteiger partial charge is 0.379 e. The number of nitrogens with one attached hydrogen (secondary N) is 2. The second-order valence-corrected chi connectivity index (χ2v) is 7.31. The standard InChI is InChI=1S/C22H28N4O3/c1-2-19(25-14-12-17-7-3-4-8-18(17)16-25)15-24-22(27)11-13-23-20-9-5-6-10-21(20)26(28)29/h3-10,19,23H,2,11-16H2,1H3,(H,24,27). The highest BCUT2D eigenvalue weighted by atomic mass is 16.6. The molecule has 0 fully saturated rings. The van der Waals surface area contributed by atoms with E-state index >= 15 is 0 Å². The van der Waals surface area contributed by atoms with Crippen LogP contribution < -0.4 is 10.6 Å². The summed E-state index contributed by atoms with van der Waals surface area (Å²) in [7, 11) is 0. The molecule has 1 amide bonds. The third-order valence-electron chi connectivity index (χ3n) is 5.45. The fourth-order valence-corrected chi connectivity index (χ4v) is 3.77. The first-order valence-corrected chi connectivity index (χ1v) is 10.1. The Morgan fingerprint density at radius 1 is 1.17 bits per heavy atom. The van der Waals surface area contributed by atoms with Crippen molar-refractivity contribution in [3.8, 4) is 0 Å². The number of hydrogen-bond donors (Lipinski definition) is 2. The molecule has 2 N–H and O–H groups in total. The van der Waals surface area contributed by atoms with Crippen molar-refractivity contribution in [3.63, 3.8) is 0 Å². The molecule has 2 aromatic rings. The van der Waals surface area contributed by atoms with Gasteiger partial charge < -0.3 is 10.6 Å². The van der Waals surface area contributed by atoms with Crippen LogP contribution in [0.3, 0.4) is 0 Å². The van der Waals surface area contributed by atoms with Crippen LogP contribution in [0.25, 0.3) is 0 Å². The van der Waals surface area contributed by atoms with Gasteiger partial charge in [-0.05, 0) is 30.0 Å². The molecule has 1 unspecified atom stereocenters. The Labute approximate surface area is 171 Å². The van der Waals surface area contributed by atoms with E-state index in [9.17, 15) is 14.9 Å². The number of nitro benzene ring substituents is 1. The average molecular weight is 396 g/mol. The lowest BCUT2D eigenvalue weighted by Crippen LogP contribution is -2.45. The van der Waals surface area contributed by atoms with Crippen molar-refractivity contribution in [3.05, 3.63) is 69.8 Å². The van der Waals surface area contributed by atoms with Crippen LogP contribution in [0.15, 0.2) is 48.5 Å². The Hall–Kier alpha value is -2.93. The van der Waals surface area contributed by atoms with Gasteiger partial charge in [-0.15, -0.1) is 0 Å². The molecule has 29 heavy (non-hydrogen) atoms. The molecule has 0 saturated heterocycles. The normalized spacial score (nSPS) is 14.7. The molecule has 0 bridgehead atoms. The van der Waals surface area contributed by atoms with E-state index in [1.54, 1.807) is 18.2 Å². The van der Waals surface area contributed by atoms with E-state index in [4.69, 9.17) is 0 Å². The molecule has 1 heterocycles. The highest BCUT2D eigenvalue weighted by Crippen LogP contribution is 2.23. The Bertz CT molecular complexity index is 855. The van der Waals surface area contributed by atoms with Gasteiger partial charge in [0.1, 0.15) is 5.69 Å². The Balaban J connectivity index is 1.44. The molecule has 3 rings (SSSR count). The van der Waals surface area contributed by atoms with E-state index in [1.165, 1.54) is 17.2 Å². The summed E-state index contributed by atoms with van der Waals surface area (Å²) >= 11 is 0. The summed E-state index contributed by atoms with van der Waals surface area (Å²) in [6.07, 6.45) is 2.28. The number of fused-ring (bicyclic) bond motifs is 1. The van der Waals surface area contributed by atoms with Gasteiger partial charge in [-0.2, -0.15) is 0 Å². The minimum Gasteiger partial charge on any atom is -0.379 e. The van der Waals surface area contributed by atoms with Gasteiger partial charge in [0.15, 0.2) is 0 Å². The van der Waals surface area contributed by atoms with Crippen LogP contribution in [0, 0.1) is 10.1 Å². The fraction of sp³-hybridized carbons (Fsp3) is 0.409. The topological polar surface area (TPSA) is 87.5 Å². The zero-order valence-corrected chi connectivity index (χ0v) is 16.8. The maximum absolute atomic E-state index is 12.3. The van der Waals surface area contributed by atoms with Crippen molar-refractivity contribution in [2.75, 3.05) is 25.0 Å². The van der Waals surface area contributed by atoms with Crippen molar-refractivity contribution in [1.29, 1.82) is 0 Å². The number of para-hydroxylation sites is 2. The van der Waals surface area contributed by atoms with Crippen LogP contribution in [0.2, 0.25) is 0 Å². The summed E-state index contributed by atoms with van der Waals surface area (Å²) in [4.78, 5) is 25.3. The minimum absolute atomic E-state index is 0.0179. The van der Waals surface area contributed by atoms with Crippen LogP contribution in [-0.4, -0.2) is 41.4 Å². The number of amides is 1. The number of rotatable bonds is 9. The maximum atomic E-state index is 12.3. The van der Waals surface area contributed by atoms with Gasteiger partial charge in [0.2, 0.25) is 5.91 Å². The molecule has 0 saturated carbocycles. The van der Waals surface area contributed by atoms with E-state index in [1.807, 2.05) is 0 Å². The van der Waals surface area contributed by atoms with E-state index in [2.05, 4.69) is 46.7 Å². The van der Waals surface area contributed by atoms with Gasteiger partial charge in [0.05, 0.1) is 4.92 Å². The molecule has 0 radical (unpaired) electrons. The summed E-state index contributed by atoms with van der Waals surface area (Å²) in [5.41, 5.74) is 3.24. The number of carbonyl (C=O) groups is 1. The van der Waals surface area contributed by atoms with E-state index < -0.39 is 4.92 Å². The van der Waals surface area contributed by atoms with Crippen molar-refractivity contribution >= 4 is 17.3 Å². The lowest BCUT2D eigenvalue weighted by atomic mass is 9.98. The number of benzene rings is 2. The predicted octanol–water partition coefficient (Wildman–Crippen LogP) is 3.35. The highest BCUT2D eigenvalue weighted by Gasteiger charge is 2.22. The molecule has 154 valence electrons. The van der Waals surface area contributed by atoms with Gasteiger partial charge in [0.25, 0.3) is 5.69 Å². The summed E-state index contributed by atoms with van der Waals surface area (Å²) in [5.74, 6) is -0.0491. The van der Waals surface area contributed by atoms with Gasteiger partial charge in [0, 0.05) is 44.7 Å². The zero-order valence-electron chi connectivity index (χ0n) is 16.8. The average Bonchev–Trinajstić information content (AvgIpc) is 2.74. The van der Waals surface area contributed by atoms with Gasteiger partial charge in [-0.25, -0.2) is 0 Å². The second-order valence-electron chi connectivity index (χ2n) is 7.31. The Morgan fingerprint density at radius 3 is 2.66 bits per heavy atom. The lowest BCUT2D eigenvalue weighted by molar-refractivity contribution is -0.384. The summed E-state index contributed by atoms with van der Waals surface area (Å²) in [6, 6.07) is 15.3. The molecule has 7 nitrogen and oxygen atoms in total. The number of carbonyl (C=O) groups excluding carboxylic acids is 1. The first-order chi connectivity index (χ1) is 14.1. The molecule has 0 spiro atoms. The van der Waals surface area contributed by atoms with Gasteiger partial charge in [-0.3, -0.25) is 19.8 Å². The molecule has 0 aliphatic carbocycles. The Kier molecular flexibility index (Phi) is 7.19. The number of anilines is 1. The molecule has 7 heteroatoms. The smallest absolute Gasteiger partial charge is 0.292 e. The quantitative estimate of drug-likeness (QED) is 0.501. The minimum atomic E-state index is -0.426. The van der Waals surface area contributed by atoms with Crippen LogP contribution >= 0.6 is 0 Å². The maximum Gasteiger partial charge on any atom is 0.292 e. The van der Waals surface area contributed by atoms with Crippen molar-refractivity contribution < 1.29 is 9.72 Å². The van der Waals surface area contributed by atoms with Crippen LogP contribution in [0.4, 0.5) is 11.4 Å². The SMILES string of the molecule is CCC(CNC(=O)CCNc1ccccc1[N+](=O)[O-])N1CCc2ccccc2C1. The third-order valence-corrected chi connectivity index (χ3v) is 5.45. The zero-order chi connectivity index (χ0) is 20.6. The van der Waals surface area contributed by atoms with Crippen LogP contribution in [0.1, 0.15) is 30.9 Å². The van der Waals surface area contributed by atoms with Crippen LogP contribution in [0.5, 0.6) is 0 Å². The first-order valence-electron chi connectivity index (χ1n) is 10.1. The molecule has 1 aliphatic heterocycles. The van der Waals surface area contributed by atoms with Gasteiger partial charge in [-0.1, -0.05) is 43.3 Å². The summed E-state index contributed by atoms with van der Waals surface area (Å²) < 4.78 is 0. The molecule has 1 atom stereocenters. The summed E-state index contributed by atoms with van der Waals surface area (Å²) in [6.45, 7) is 5.04. The molecule has 1 aliphatic rings. The van der Waals surface area contributed by atoms with E-state index in [0.29, 0.717) is 24.8 Å². The predicted molar refractivity (Wildman–Crippen MR) is 114 cm³/mol. The van der Waals surface area contributed by atoms with Crippen molar-refractivity contribution in [2.24, 2.45) is 0 Å². The summed E-state index contributed by atoms with van der Waals surface area (Å²) in [5, 5.41) is 17.1. The van der Waals surface area contributed by atoms with Crippen molar-refractivity contribution in [1.82, 2.24) is 10.2 Å². The number of hydrogen-bond acceptors (Lipinski definition) is 5. The Morgan fingerprint density at radius 2 is 1.90 bits per heavy atom. The molecule has 0 aromatic heterocycles. The first kappa shape index (κ1) is 20.8. The monoisotopic (exact) mass is 396 g/mol. The number of nitro groups is 1. The molecular formula is C22H28N4O3. The number of nitrogens with zero attached hydrogens (tertiary/aromatic N) is 2. The third kappa shape index (κ3) is 5.54.